The molecule has 96 valence electrons. The summed E-state index contributed by atoms with van der Waals surface area (Å²) < 4.78 is 13.1. The van der Waals surface area contributed by atoms with E-state index in [1.807, 2.05) is 6.07 Å². The molecule has 0 radical (unpaired) electrons. The standard InChI is InChI=1S/C14H17FN2S/c15-13-3-1-2-12(8-13)9-14(17-16)5-4-11-6-7-18-10-11/h1-3,6-8,10,14,17H,4-5,9,16H2. The summed E-state index contributed by atoms with van der Waals surface area (Å²) in [5.41, 5.74) is 5.12. The van der Waals surface area contributed by atoms with E-state index in [9.17, 15) is 4.39 Å². The molecule has 2 aromatic rings. The lowest BCUT2D eigenvalue weighted by Crippen LogP contribution is -2.37. The molecule has 1 aromatic heterocycles. The molecule has 1 heterocycles. The van der Waals surface area contributed by atoms with Crippen molar-refractivity contribution in [2.24, 2.45) is 5.84 Å². The Morgan fingerprint density at radius 1 is 1.28 bits per heavy atom. The Labute approximate surface area is 111 Å². The van der Waals surface area contributed by atoms with Gasteiger partial charge in [-0.1, -0.05) is 12.1 Å². The summed E-state index contributed by atoms with van der Waals surface area (Å²) in [5, 5.41) is 4.22. The molecule has 3 N–H and O–H groups in total. The summed E-state index contributed by atoms with van der Waals surface area (Å²) in [7, 11) is 0. The Balaban J connectivity index is 1.89. The molecule has 1 unspecified atom stereocenters. The van der Waals surface area contributed by atoms with Gasteiger partial charge in [-0.2, -0.15) is 11.3 Å². The van der Waals surface area contributed by atoms with E-state index in [1.165, 1.54) is 11.6 Å². The Bertz CT molecular complexity index is 470. The molecule has 4 heteroatoms. The van der Waals surface area contributed by atoms with Gasteiger partial charge in [0.05, 0.1) is 0 Å². The second-order valence-corrected chi connectivity index (χ2v) is 5.15. The number of thiophene rings is 1. The largest absolute Gasteiger partial charge is 0.271 e. The molecule has 0 aliphatic carbocycles. The van der Waals surface area contributed by atoms with Crippen molar-refractivity contribution in [1.29, 1.82) is 0 Å². The van der Waals surface area contributed by atoms with Crippen molar-refractivity contribution in [2.45, 2.75) is 25.3 Å². The fraction of sp³-hybridized carbons (Fsp3) is 0.286. The van der Waals surface area contributed by atoms with E-state index in [2.05, 4.69) is 22.3 Å². The van der Waals surface area contributed by atoms with Crippen LogP contribution in [0, 0.1) is 5.82 Å². The summed E-state index contributed by atoms with van der Waals surface area (Å²) in [6.45, 7) is 0. The minimum atomic E-state index is -0.193. The summed E-state index contributed by atoms with van der Waals surface area (Å²) in [5.74, 6) is 5.36. The number of aryl methyl sites for hydroxylation is 1. The Kier molecular flexibility index (Phi) is 4.87. The normalized spacial score (nSPS) is 12.6. The first-order chi connectivity index (χ1) is 8.78. The monoisotopic (exact) mass is 264 g/mol. The van der Waals surface area contributed by atoms with Gasteiger partial charge in [0.25, 0.3) is 0 Å². The third kappa shape index (κ3) is 3.91. The van der Waals surface area contributed by atoms with E-state index in [1.54, 1.807) is 23.5 Å². The van der Waals surface area contributed by atoms with Crippen molar-refractivity contribution in [3.05, 3.63) is 58.0 Å². The molecule has 0 spiro atoms. The van der Waals surface area contributed by atoms with Gasteiger partial charge in [-0.25, -0.2) is 4.39 Å². The van der Waals surface area contributed by atoms with Crippen LogP contribution in [0.5, 0.6) is 0 Å². The van der Waals surface area contributed by atoms with Crippen molar-refractivity contribution in [2.75, 3.05) is 0 Å². The number of nitrogens with one attached hydrogen (secondary N) is 1. The first kappa shape index (κ1) is 13.2. The minimum absolute atomic E-state index is 0.173. The summed E-state index contributed by atoms with van der Waals surface area (Å²) in [6, 6.07) is 8.98. The zero-order valence-electron chi connectivity index (χ0n) is 10.1. The summed E-state index contributed by atoms with van der Waals surface area (Å²) >= 11 is 1.70. The lowest BCUT2D eigenvalue weighted by molar-refractivity contribution is 0.490. The maximum absolute atomic E-state index is 13.1. The molecule has 0 aliphatic rings. The van der Waals surface area contributed by atoms with Crippen molar-refractivity contribution >= 4 is 11.3 Å². The van der Waals surface area contributed by atoms with E-state index >= 15 is 0 Å². The third-order valence-corrected chi connectivity index (χ3v) is 3.70. The molecule has 2 rings (SSSR count). The Morgan fingerprint density at radius 3 is 2.83 bits per heavy atom. The highest BCUT2D eigenvalue weighted by Crippen LogP contribution is 2.13. The van der Waals surface area contributed by atoms with E-state index in [0.717, 1.165) is 24.8 Å². The molecule has 0 saturated heterocycles. The Hall–Kier alpha value is -1.23. The quantitative estimate of drug-likeness (QED) is 0.622. The van der Waals surface area contributed by atoms with E-state index in [-0.39, 0.29) is 11.9 Å². The zero-order valence-corrected chi connectivity index (χ0v) is 10.9. The second kappa shape index (κ2) is 6.64. The molecule has 0 aliphatic heterocycles. The van der Waals surface area contributed by atoms with Crippen LogP contribution in [0.25, 0.3) is 0 Å². The molecule has 0 saturated carbocycles. The maximum Gasteiger partial charge on any atom is 0.123 e. The molecule has 1 atom stereocenters. The van der Waals surface area contributed by atoms with Gasteiger partial charge in [-0.05, 0) is 59.3 Å². The topological polar surface area (TPSA) is 38.0 Å². The van der Waals surface area contributed by atoms with E-state index in [4.69, 9.17) is 5.84 Å². The van der Waals surface area contributed by atoms with Crippen LogP contribution in [0.15, 0.2) is 41.1 Å². The fourth-order valence-electron chi connectivity index (χ4n) is 1.97. The van der Waals surface area contributed by atoms with Gasteiger partial charge in [0.15, 0.2) is 0 Å². The van der Waals surface area contributed by atoms with Gasteiger partial charge in [0.1, 0.15) is 5.82 Å². The average Bonchev–Trinajstić information content (AvgIpc) is 2.87. The molecular weight excluding hydrogens is 247 g/mol. The highest BCUT2D eigenvalue weighted by molar-refractivity contribution is 7.07. The van der Waals surface area contributed by atoms with Crippen molar-refractivity contribution in [1.82, 2.24) is 5.43 Å². The number of hydrazine groups is 1. The van der Waals surface area contributed by atoms with Gasteiger partial charge >= 0.3 is 0 Å². The first-order valence-corrected chi connectivity index (χ1v) is 6.94. The highest BCUT2D eigenvalue weighted by Gasteiger charge is 2.08. The number of hydrogen-bond donors (Lipinski definition) is 2. The zero-order chi connectivity index (χ0) is 12.8. The van der Waals surface area contributed by atoms with Crippen LogP contribution < -0.4 is 11.3 Å². The number of benzene rings is 1. The smallest absolute Gasteiger partial charge is 0.123 e. The van der Waals surface area contributed by atoms with Crippen LogP contribution >= 0.6 is 11.3 Å². The van der Waals surface area contributed by atoms with Gasteiger partial charge in [-0.3, -0.25) is 11.3 Å². The van der Waals surface area contributed by atoms with Gasteiger partial charge < -0.3 is 0 Å². The summed E-state index contributed by atoms with van der Waals surface area (Å²) in [4.78, 5) is 0. The minimum Gasteiger partial charge on any atom is -0.271 e. The fourth-order valence-corrected chi connectivity index (χ4v) is 2.67. The van der Waals surface area contributed by atoms with Crippen molar-refractivity contribution < 1.29 is 4.39 Å². The van der Waals surface area contributed by atoms with Crippen LogP contribution in [-0.4, -0.2) is 6.04 Å². The number of nitrogens with two attached hydrogens (primary N) is 1. The molecule has 0 bridgehead atoms. The maximum atomic E-state index is 13.1. The van der Waals surface area contributed by atoms with Crippen LogP contribution in [0.4, 0.5) is 4.39 Å². The second-order valence-electron chi connectivity index (χ2n) is 4.37. The molecule has 0 fully saturated rings. The van der Waals surface area contributed by atoms with Gasteiger partial charge in [0, 0.05) is 6.04 Å². The van der Waals surface area contributed by atoms with Crippen LogP contribution in [0.2, 0.25) is 0 Å². The van der Waals surface area contributed by atoms with Crippen LogP contribution in [0.3, 0.4) is 0 Å². The van der Waals surface area contributed by atoms with Crippen molar-refractivity contribution in [3.8, 4) is 0 Å². The predicted octanol–water partition coefficient (Wildman–Crippen LogP) is 2.89. The SMILES string of the molecule is NNC(CCc1ccsc1)Cc1cccc(F)c1. The first-order valence-electron chi connectivity index (χ1n) is 5.99. The summed E-state index contributed by atoms with van der Waals surface area (Å²) in [6.07, 6.45) is 2.69. The number of halogens is 1. The Morgan fingerprint density at radius 2 is 2.17 bits per heavy atom. The van der Waals surface area contributed by atoms with E-state index in [0.29, 0.717) is 0 Å². The molecule has 1 aromatic carbocycles. The number of hydrogen-bond acceptors (Lipinski definition) is 3. The highest BCUT2D eigenvalue weighted by atomic mass is 32.1. The predicted molar refractivity (Wildman–Crippen MR) is 73.9 cm³/mol. The molecule has 2 nitrogen and oxygen atoms in total. The van der Waals surface area contributed by atoms with Crippen molar-refractivity contribution in [3.63, 3.8) is 0 Å². The average molecular weight is 264 g/mol. The molecule has 0 amide bonds. The van der Waals surface area contributed by atoms with E-state index < -0.39 is 0 Å². The van der Waals surface area contributed by atoms with Gasteiger partial charge in [-0.15, -0.1) is 0 Å². The lowest BCUT2D eigenvalue weighted by atomic mass is 10.0. The van der Waals surface area contributed by atoms with Crippen LogP contribution in [0.1, 0.15) is 17.5 Å². The third-order valence-electron chi connectivity index (χ3n) is 2.97. The number of rotatable bonds is 6. The van der Waals surface area contributed by atoms with Gasteiger partial charge in [0.2, 0.25) is 0 Å². The molecular formula is C14H17FN2S. The molecule has 18 heavy (non-hydrogen) atoms. The lowest BCUT2D eigenvalue weighted by Gasteiger charge is -2.15. The van der Waals surface area contributed by atoms with Crippen LogP contribution in [-0.2, 0) is 12.8 Å².